The summed E-state index contributed by atoms with van der Waals surface area (Å²) < 4.78 is 0. The van der Waals surface area contributed by atoms with Crippen LogP contribution in [0.1, 0.15) is 39.3 Å². The molecule has 1 heterocycles. The Kier molecular flexibility index (Phi) is 5.35. The second-order valence-corrected chi connectivity index (χ2v) is 5.01. The van der Waals surface area contributed by atoms with Gasteiger partial charge in [0.05, 0.1) is 5.69 Å². The number of aromatic nitrogens is 1. The quantitative estimate of drug-likeness (QED) is 0.763. The number of nitrogens with two attached hydrogens (primary N) is 1. The van der Waals surface area contributed by atoms with Gasteiger partial charge >= 0.3 is 0 Å². The summed E-state index contributed by atoms with van der Waals surface area (Å²) in [4.78, 5) is 4.70. The van der Waals surface area contributed by atoms with E-state index in [9.17, 15) is 0 Å². The van der Waals surface area contributed by atoms with E-state index in [4.69, 9.17) is 18.0 Å². The van der Waals surface area contributed by atoms with Crippen LogP contribution in [0.25, 0.3) is 0 Å². The molecule has 1 aromatic heterocycles. The predicted molar refractivity (Wildman–Crippen MR) is 77.3 cm³/mol. The van der Waals surface area contributed by atoms with Crippen molar-refractivity contribution in [2.24, 2.45) is 11.7 Å². The maximum Gasteiger partial charge on any atom is 0.126 e. The molecule has 0 aliphatic carbocycles. The van der Waals surface area contributed by atoms with E-state index in [1.54, 1.807) is 0 Å². The zero-order valence-corrected chi connectivity index (χ0v) is 11.6. The summed E-state index contributed by atoms with van der Waals surface area (Å²) in [6, 6.07) is 6.08. The van der Waals surface area contributed by atoms with Crippen molar-refractivity contribution >= 4 is 23.0 Å². The second kappa shape index (κ2) is 6.55. The number of thiocarbonyl (C=S) groups is 1. The molecule has 0 bridgehead atoms. The third kappa shape index (κ3) is 4.69. The van der Waals surface area contributed by atoms with Gasteiger partial charge in [0, 0.05) is 6.04 Å². The summed E-state index contributed by atoms with van der Waals surface area (Å²) in [7, 11) is 0. The van der Waals surface area contributed by atoms with Gasteiger partial charge in [0.2, 0.25) is 0 Å². The van der Waals surface area contributed by atoms with E-state index in [-0.39, 0.29) is 0 Å². The molecule has 0 aliphatic rings. The molecule has 2 unspecified atom stereocenters. The van der Waals surface area contributed by atoms with Gasteiger partial charge in [-0.1, -0.05) is 38.6 Å². The van der Waals surface area contributed by atoms with Crippen LogP contribution in [-0.2, 0) is 0 Å². The summed E-state index contributed by atoms with van der Waals surface area (Å²) in [5, 5.41) is 3.38. The Hall–Kier alpha value is -1.16. The fourth-order valence-electron chi connectivity index (χ4n) is 1.73. The van der Waals surface area contributed by atoms with Crippen molar-refractivity contribution in [3.63, 3.8) is 0 Å². The van der Waals surface area contributed by atoms with Crippen LogP contribution >= 0.6 is 12.2 Å². The molecular weight excluding hydrogens is 230 g/mol. The molecule has 3 N–H and O–H groups in total. The van der Waals surface area contributed by atoms with Crippen LogP contribution in [0.2, 0.25) is 0 Å². The minimum atomic E-state index is 0.336. The minimum absolute atomic E-state index is 0.336. The molecule has 1 aromatic rings. The second-order valence-electron chi connectivity index (χ2n) is 4.57. The van der Waals surface area contributed by atoms with Gasteiger partial charge in [-0.25, -0.2) is 4.98 Å². The van der Waals surface area contributed by atoms with E-state index in [0.717, 1.165) is 18.2 Å². The van der Waals surface area contributed by atoms with Gasteiger partial charge in [-0.15, -0.1) is 0 Å². The van der Waals surface area contributed by atoms with Crippen LogP contribution in [0.5, 0.6) is 0 Å². The number of anilines is 1. The van der Waals surface area contributed by atoms with Crippen LogP contribution in [0.15, 0.2) is 18.2 Å². The first-order valence-corrected chi connectivity index (χ1v) is 6.47. The number of nitrogens with zero attached hydrogens (tertiary/aromatic N) is 1. The van der Waals surface area contributed by atoms with Gasteiger partial charge in [-0.2, -0.15) is 0 Å². The van der Waals surface area contributed by atoms with Crippen molar-refractivity contribution in [1.29, 1.82) is 0 Å². The Morgan fingerprint density at radius 1 is 1.47 bits per heavy atom. The Labute approximate surface area is 109 Å². The van der Waals surface area contributed by atoms with Gasteiger partial charge in [-0.05, 0) is 31.4 Å². The van der Waals surface area contributed by atoms with Crippen LogP contribution in [0.3, 0.4) is 0 Å². The molecular formula is C13H21N3S. The molecule has 3 nitrogen and oxygen atoms in total. The summed E-state index contributed by atoms with van der Waals surface area (Å²) in [6.45, 7) is 6.64. The topological polar surface area (TPSA) is 50.9 Å². The van der Waals surface area contributed by atoms with Crippen molar-refractivity contribution < 1.29 is 0 Å². The molecule has 94 valence electrons. The lowest BCUT2D eigenvalue weighted by Crippen LogP contribution is -2.20. The van der Waals surface area contributed by atoms with E-state index in [2.05, 4.69) is 31.1 Å². The molecule has 2 atom stereocenters. The largest absolute Gasteiger partial charge is 0.388 e. The average Bonchev–Trinajstić information content (AvgIpc) is 2.28. The molecule has 0 aliphatic heterocycles. The summed E-state index contributed by atoms with van der Waals surface area (Å²) in [5.41, 5.74) is 6.22. The van der Waals surface area contributed by atoms with Crippen molar-refractivity contribution in [3.8, 4) is 0 Å². The first-order chi connectivity index (χ1) is 8.02. The first kappa shape index (κ1) is 13.9. The standard InChI is InChI=1S/C13H21N3S/c1-4-9(2)8-10(3)15-12-7-5-6-11(16-12)13(14)17/h5-7,9-10H,4,8H2,1-3H3,(H2,14,17)(H,15,16). The molecule has 0 fully saturated rings. The van der Waals surface area contributed by atoms with Gasteiger partial charge in [0.15, 0.2) is 0 Å². The van der Waals surface area contributed by atoms with Crippen molar-refractivity contribution in [2.45, 2.75) is 39.7 Å². The van der Waals surface area contributed by atoms with Gasteiger partial charge in [-0.3, -0.25) is 0 Å². The molecule has 0 saturated heterocycles. The Morgan fingerprint density at radius 3 is 2.76 bits per heavy atom. The minimum Gasteiger partial charge on any atom is -0.388 e. The predicted octanol–water partition coefficient (Wildman–Crippen LogP) is 2.95. The molecule has 0 aromatic carbocycles. The SMILES string of the molecule is CCC(C)CC(C)Nc1cccc(C(N)=S)n1. The lowest BCUT2D eigenvalue weighted by molar-refractivity contribution is 0.483. The third-order valence-electron chi connectivity index (χ3n) is 2.85. The van der Waals surface area contributed by atoms with E-state index in [0.29, 0.717) is 16.7 Å². The van der Waals surface area contributed by atoms with Crippen LogP contribution in [0.4, 0.5) is 5.82 Å². The highest BCUT2D eigenvalue weighted by atomic mass is 32.1. The summed E-state index contributed by atoms with van der Waals surface area (Å²) >= 11 is 4.91. The maximum absolute atomic E-state index is 5.56. The number of rotatable bonds is 6. The van der Waals surface area contributed by atoms with Crippen LogP contribution in [0, 0.1) is 5.92 Å². The Balaban J connectivity index is 2.62. The molecule has 17 heavy (non-hydrogen) atoms. The fourth-order valence-corrected chi connectivity index (χ4v) is 1.85. The molecule has 0 saturated carbocycles. The smallest absolute Gasteiger partial charge is 0.126 e. The van der Waals surface area contributed by atoms with E-state index < -0.39 is 0 Å². The first-order valence-electron chi connectivity index (χ1n) is 6.06. The van der Waals surface area contributed by atoms with Crippen molar-refractivity contribution in [1.82, 2.24) is 4.98 Å². The highest BCUT2D eigenvalue weighted by Crippen LogP contribution is 2.13. The summed E-state index contributed by atoms with van der Waals surface area (Å²) in [6.07, 6.45) is 2.34. The maximum atomic E-state index is 5.56. The zero-order valence-electron chi connectivity index (χ0n) is 10.7. The Bertz CT molecular complexity index is 379. The Morgan fingerprint density at radius 2 is 2.18 bits per heavy atom. The zero-order chi connectivity index (χ0) is 12.8. The lowest BCUT2D eigenvalue weighted by atomic mass is 10.0. The molecule has 0 amide bonds. The monoisotopic (exact) mass is 251 g/mol. The average molecular weight is 251 g/mol. The molecule has 4 heteroatoms. The fraction of sp³-hybridized carbons (Fsp3) is 0.538. The van der Waals surface area contributed by atoms with Crippen LogP contribution < -0.4 is 11.1 Å². The lowest BCUT2D eigenvalue weighted by Gasteiger charge is -2.18. The normalized spacial score (nSPS) is 14.1. The third-order valence-corrected chi connectivity index (χ3v) is 3.06. The van der Waals surface area contributed by atoms with E-state index >= 15 is 0 Å². The van der Waals surface area contributed by atoms with Crippen LogP contribution in [-0.4, -0.2) is 16.0 Å². The van der Waals surface area contributed by atoms with Crippen molar-refractivity contribution in [2.75, 3.05) is 5.32 Å². The highest BCUT2D eigenvalue weighted by Gasteiger charge is 2.08. The van der Waals surface area contributed by atoms with E-state index in [1.807, 2.05) is 18.2 Å². The number of nitrogens with one attached hydrogen (secondary N) is 1. The number of hydrogen-bond donors (Lipinski definition) is 2. The summed E-state index contributed by atoms with van der Waals surface area (Å²) in [5.74, 6) is 1.56. The molecule has 1 rings (SSSR count). The van der Waals surface area contributed by atoms with Gasteiger partial charge in [0.1, 0.15) is 10.8 Å². The van der Waals surface area contributed by atoms with E-state index in [1.165, 1.54) is 6.42 Å². The number of hydrogen-bond acceptors (Lipinski definition) is 3. The van der Waals surface area contributed by atoms with Crippen molar-refractivity contribution in [3.05, 3.63) is 23.9 Å². The van der Waals surface area contributed by atoms with Gasteiger partial charge in [0.25, 0.3) is 0 Å². The highest BCUT2D eigenvalue weighted by molar-refractivity contribution is 7.80. The molecule has 0 spiro atoms. The van der Waals surface area contributed by atoms with Gasteiger partial charge < -0.3 is 11.1 Å². The molecule has 0 radical (unpaired) electrons. The number of pyridine rings is 1.